The predicted octanol–water partition coefficient (Wildman–Crippen LogP) is 7.85. The van der Waals surface area contributed by atoms with Crippen LogP contribution in [0, 0.1) is 52.3 Å². The molecule has 4 fully saturated rings. The van der Waals surface area contributed by atoms with Gasteiger partial charge in [-0.2, -0.15) is 0 Å². The van der Waals surface area contributed by atoms with Crippen LogP contribution in [0.5, 0.6) is 0 Å². The van der Waals surface area contributed by atoms with Gasteiger partial charge in [0, 0.05) is 7.05 Å². The maximum atomic E-state index is 11.3. The topological polar surface area (TPSA) is 47.6 Å². The molecule has 4 saturated carbocycles. The smallest absolute Gasteiger partial charge is 0.406 e. The number of hydrogen-bond donors (Lipinski definition) is 1. The highest BCUT2D eigenvalue weighted by Crippen LogP contribution is 2.68. The number of nitrogens with one attached hydrogen (secondary N) is 1. The zero-order chi connectivity index (χ0) is 25.2. The summed E-state index contributed by atoms with van der Waals surface area (Å²) in [5, 5.41) is 2.50. The van der Waals surface area contributed by atoms with Crippen molar-refractivity contribution in [2.45, 2.75) is 118 Å². The van der Waals surface area contributed by atoms with Gasteiger partial charge < -0.3 is 14.8 Å². The highest BCUT2D eigenvalue weighted by Gasteiger charge is 2.60. The number of amides is 1. The van der Waals surface area contributed by atoms with Crippen molar-refractivity contribution < 1.29 is 14.3 Å². The summed E-state index contributed by atoms with van der Waals surface area (Å²) < 4.78 is 11.3. The Bertz CT molecular complexity index is 709. The Hall–Kier alpha value is -0.770. The molecule has 202 valence electrons. The fourth-order valence-electron chi connectivity index (χ4n) is 9.82. The molecule has 4 nitrogen and oxygen atoms in total. The molecule has 4 aliphatic rings. The lowest BCUT2D eigenvalue weighted by atomic mass is 9.44. The molecule has 4 rings (SSSR count). The molecule has 0 bridgehead atoms. The summed E-state index contributed by atoms with van der Waals surface area (Å²) in [6, 6.07) is 0. The number of carbonyl (C=O) groups excluding carboxylic acids is 1. The standard InChI is InChI=1S/C31H55NO3/c1-21(2)8-7-9-22(3)26-12-13-27-25-11-10-23-20-24(34-18-19-35-29(33)32-6)14-16-30(23,4)28(25)15-17-31(26,27)5/h21-28H,7-20H2,1-6H3,(H,32,33)/t22-,23-,24+,25+,26-,27+,28+,30+,31-/m1/s1. The summed E-state index contributed by atoms with van der Waals surface area (Å²) in [5.41, 5.74) is 1.09. The van der Waals surface area contributed by atoms with E-state index < -0.39 is 0 Å². The van der Waals surface area contributed by atoms with Crippen LogP contribution in [0.2, 0.25) is 0 Å². The first-order chi connectivity index (χ1) is 16.7. The van der Waals surface area contributed by atoms with Crippen LogP contribution in [0.1, 0.15) is 112 Å². The molecule has 0 aromatic rings. The van der Waals surface area contributed by atoms with E-state index in [2.05, 4.69) is 39.9 Å². The maximum Gasteiger partial charge on any atom is 0.406 e. The Kier molecular flexibility index (Phi) is 8.82. The summed E-state index contributed by atoms with van der Waals surface area (Å²) in [4.78, 5) is 11.3. The minimum atomic E-state index is -0.369. The number of rotatable bonds is 9. The first-order valence-electron chi connectivity index (χ1n) is 15.1. The van der Waals surface area contributed by atoms with Crippen molar-refractivity contribution in [2.24, 2.45) is 52.3 Å². The molecule has 0 radical (unpaired) electrons. The van der Waals surface area contributed by atoms with Crippen molar-refractivity contribution in [1.29, 1.82) is 0 Å². The normalized spacial score (nSPS) is 41.6. The van der Waals surface area contributed by atoms with Gasteiger partial charge in [0.1, 0.15) is 6.61 Å². The third kappa shape index (κ3) is 5.58. The lowest BCUT2D eigenvalue weighted by molar-refractivity contribution is -0.138. The van der Waals surface area contributed by atoms with E-state index in [1.165, 1.54) is 77.0 Å². The van der Waals surface area contributed by atoms with E-state index in [4.69, 9.17) is 9.47 Å². The van der Waals surface area contributed by atoms with Crippen LogP contribution in [0.15, 0.2) is 0 Å². The minimum Gasteiger partial charge on any atom is -0.447 e. The largest absolute Gasteiger partial charge is 0.447 e. The molecule has 4 aliphatic carbocycles. The predicted molar refractivity (Wildman–Crippen MR) is 143 cm³/mol. The highest BCUT2D eigenvalue weighted by atomic mass is 16.6. The fourth-order valence-corrected chi connectivity index (χ4v) is 9.82. The van der Waals surface area contributed by atoms with Gasteiger partial charge in [0.15, 0.2) is 0 Å². The summed E-state index contributed by atoms with van der Waals surface area (Å²) in [6.07, 6.45) is 16.7. The number of ether oxygens (including phenoxy) is 2. The second kappa shape index (κ2) is 11.3. The quantitative estimate of drug-likeness (QED) is 0.335. The molecule has 4 heteroatoms. The van der Waals surface area contributed by atoms with Crippen LogP contribution in [0.3, 0.4) is 0 Å². The number of fused-ring (bicyclic) bond motifs is 5. The van der Waals surface area contributed by atoms with Gasteiger partial charge in [0.05, 0.1) is 12.7 Å². The molecule has 1 amide bonds. The van der Waals surface area contributed by atoms with Gasteiger partial charge in [-0.25, -0.2) is 4.79 Å². The second-order valence-electron chi connectivity index (χ2n) is 13.8. The van der Waals surface area contributed by atoms with Gasteiger partial charge in [-0.1, -0.05) is 53.9 Å². The molecule has 0 aliphatic heterocycles. The monoisotopic (exact) mass is 489 g/mol. The lowest BCUT2D eigenvalue weighted by Crippen LogP contribution is -2.54. The molecular weight excluding hydrogens is 434 g/mol. The Balaban J connectivity index is 1.33. The first kappa shape index (κ1) is 27.3. The van der Waals surface area contributed by atoms with Gasteiger partial charge >= 0.3 is 6.09 Å². The Morgan fingerprint density at radius 1 is 0.914 bits per heavy atom. The molecule has 35 heavy (non-hydrogen) atoms. The van der Waals surface area contributed by atoms with E-state index in [1.807, 2.05) is 0 Å². The summed E-state index contributed by atoms with van der Waals surface area (Å²) >= 11 is 0. The summed E-state index contributed by atoms with van der Waals surface area (Å²) in [5.74, 6) is 6.34. The second-order valence-corrected chi connectivity index (χ2v) is 13.8. The van der Waals surface area contributed by atoms with Crippen molar-refractivity contribution in [2.75, 3.05) is 20.3 Å². The van der Waals surface area contributed by atoms with Crippen LogP contribution in [0.4, 0.5) is 4.79 Å². The fraction of sp³-hybridized carbons (Fsp3) is 0.968. The Labute approximate surface area is 216 Å². The average molecular weight is 490 g/mol. The van der Waals surface area contributed by atoms with Crippen molar-refractivity contribution >= 4 is 6.09 Å². The summed E-state index contributed by atoms with van der Waals surface area (Å²) in [6.45, 7) is 13.6. The van der Waals surface area contributed by atoms with Gasteiger partial charge in [0.2, 0.25) is 0 Å². The summed E-state index contributed by atoms with van der Waals surface area (Å²) in [7, 11) is 1.59. The molecule has 0 saturated heterocycles. The molecule has 9 atom stereocenters. The van der Waals surface area contributed by atoms with Crippen LogP contribution in [-0.2, 0) is 9.47 Å². The van der Waals surface area contributed by atoms with E-state index in [1.54, 1.807) is 7.05 Å². The van der Waals surface area contributed by atoms with Crippen LogP contribution < -0.4 is 5.32 Å². The van der Waals surface area contributed by atoms with Crippen molar-refractivity contribution in [3.8, 4) is 0 Å². The van der Waals surface area contributed by atoms with Gasteiger partial charge in [-0.3, -0.25) is 0 Å². The molecule has 0 aromatic carbocycles. The zero-order valence-electron chi connectivity index (χ0n) is 23.7. The third-order valence-corrected chi connectivity index (χ3v) is 11.7. The molecule has 1 N–H and O–H groups in total. The number of hydrogen-bond acceptors (Lipinski definition) is 3. The molecule has 0 unspecified atom stereocenters. The Morgan fingerprint density at radius 2 is 1.66 bits per heavy atom. The van der Waals surface area contributed by atoms with Crippen molar-refractivity contribution in [3.63, 3.8) is 0 Å². The number of carbonyl (C=O) groups is 1. The first-order valence-corrected chi connectivity index (χ1v) is 15.1. The lowest BCUT2D eigenvalue weighted by Gasteiger charge is -2.61. The average Bonchev–Trinajstić information content (AvgIpc) is 3.18. The molecule has 0 heterocycles. The number of alkyl carbamates (subject to hydrolysis) is 1. The van der Waals surface area contributed by atoms with E-state index in [-0.39, 0.29) is 6.09 Å². The highest BCUT2D eigenvalue weighted by molar-refractivity contribution is 5.66. The van der Waals surface area contributed by atoms with Gasteiger partial charge in [-0.15, -0.1) is 0 Å². The van der Waals surface area contributed by atoms with Crippen LogP contribution in [0.25, 0.3) is 0 Å². The van der Waals surface area contributed by atoms with Crippen molar-refractivity contribution in [3.05, 3.63) is 0 Å². The maximum absolute atomic E-state index is 11.3. The molecule has 0 spiro atoms. The Morgan fingerprint density at radius 3 is 2.40 bits per heavy atom. The minimum absolute atomic E-state index is 0.342. The van der Waals surface area contributed by atoms with Crippen LogP contribution >= 0.6 is 0 Å². The van der Waals surface area contributed by atoms with Crippen LogP contribution in [-0.4, -0.2) is 32.5 Å². The molecular formula is C31H55NO3. The zero-order valence-corrected chi connectivity index (χ0v) is 23.7. The van der Waals surface area contributed by atoms with E-state index in [0.717, 1.165) is 41.4 Å². The van der Waals surface area contributed by atoms with E-state index >= 15 is 0 Å². The van der Waals surface area contributed by atoms with E-state index in [0.29, 0.717) is 30.1 Å². The molecule has 0 aromatic heterocycles. The third-order valence-electron chi connectivity index (χ3n) is 11.7. The van der Waals surface area contributed by atoms with Gasteiger partial charge in [-0.05, 0) is 110 Å². The van der Waals surface area contributed by atoms with Gasteiger partial charge in [0.25, 0.3) is 0 Å². The van der Waals surface area contributed by atoms with E-state index in [9.17, 15) is 4.79 Å². The van der Waals surface area contributed by atoms with Crippen molar-refractivity contribution in [1.82, 2.24) is 5.32 Å². The SMILES string of the molecule is CNC(=O)OCCO[C@H]1CC[C@@]2(C)[C@H](CC[C@@H]3[C@@H]2CC[C@]2(C)[C@@H]([C@H](C)CCCC(C)C)CC[C@@H]32)C1.